The lowest BCUT2D eigenvalue weighted by atomic mass is 9.98. The van der Waals surface area contributed by atoms with Crippen LogP contribution in [0.15, 0.2) is 30.3 Å². The molecular formula is C17H22N2O3. The van der Waals surface area contributed by atoms with Gasteiger partial charge in [-0.1, -0.05) is 18.2 Å². The van der Waals surface area contributed by atoms with Gasteiger partial charge in [-0.2, -0.15) is 0 Å². The number of hydrogen-bond acceptors (Lipinski definition) is 3. The lowest BCUT2D eigenvalue weighted by Crippen LogP contribution is -2.57. The van der Waals surface area contributed by atoms with E-state index in [0.29, 0.717) is 32.7 Å². The number of anilines is 1. The predicted octanol–water partition coefficient (Wildman–Crippen LogP) is 1.68. The Kier molecular flexibility index (Phi) is 3.91. The van der Waals surface area contributed by atoms with Crippen LogP contribution in [0.1, 0.15) is 20.3 Å². The molecule has 2 aliphatic heterocycles. The molecule has 0 bridgehead atoms. The van der Waals surface area contributed by atoms with Crippen molar-refractivity contribution in [2.75, 3.05) is 31.2 Å². The summed E-state index contributed by atoms with van der Waals surface area (Å²) < 4.78 is 5.47. The van der Waals surface area contributed by atoms with Gasteiger partial charge in [0.15, 0.2) is 0 Å². The highest BCUT2D eigenvalue weighted by atomic mass is 16.5. The number of amides is 2. The van der Waals surface area contributed by atoms with Gasteiger partial charge in [0.1, 0.15) is 0 Å². The number of carbonyl (C=O) groups excluding carboxylic acids is 2. The maximum Gasteiger partial charge on any atom is 0.228 e. The van der Waals surface area contributed by atoms with Gasteiger partial charge in [-0.15, -0.1) is 0 Å². The van der Waals surface area contributed by atoms with E-state index in [1.165, 1.54) is 0 Å². The number of carbonyl (C=O) groups is 2. The number of nitrogens with zero attached hydrogens (tertiary/aromatic N) is 2. The molecule has 22 heavy (non-hydrogen) atoms. The van der Waals surface area contributed by atoms with Crippen LogP contribution < -0.4 is 4.90 Å². The molecule has 1 aromatic rings. The van der Waals surface area contributed by atoms with Gasteiger partial charge in [0, 0.05) is 25.2 Å². The molecule has 0 radical (unpaired) electrons. The highest BCUT2D eigenvalue weighted by Crippen LogP contribution is 2.29. The third kappa shape index (κ3) is 2.73. The fraction of sp³-hybridized carbons (Fsp3) is 0.529. The van der Waals surface area contributed by atoms with Crippen LogP contribution in [-0.2, 0) is 14.3 Å². The SMILES string of the molecule is CC1(C)COCCN1C(=O)C1CC(=O)N(c2ccccc2)C1. The minimum absolute atomic E-state index is 0.0237. The van der Waals surface area contributed by atoms with Crippen molar-refractivity contribution in [3.05, 3.63) is 30.3 Å². The van der Waals surface area contributed by atoms with Crippen molar-refractivity contribution >= 4 is 17.5 Å². The molecule has 0 aliphatic carbocycles. The normalized spacial score (nSPS) is 24.6. The second-order valence-electron chi connectivity index (χ2n) is 6.60. The average molecular weight is 302 g/mol. The summed E-state index contributed by atoms with van der Waals surface area (Å²) in [6.45, 7) is 6.20. The Morgan fingerprint density at radius 3 is 2.68 bits per heavy atom. The lowest BCUT2D eigenvalue weighted by Gasteiger charge is -2.43. The molecule has 118 valence electrons. The van der Waals surface area contributed by atoms with Gasteiger partial charge in [-0.3, -0.25) is 9.59 Å². The molecule has 2 saturated heterocycles. The number of morpholine rings is 1. The summed E-state index contributed by atoms with van der Waals surface area (Å²) in [7, 11) is 0. The van der Waals surface area contributed by atoms with Gasteiger partial charge in [0.25, 0.3) is 0 Å². The van der Waals surface area contributed by atoms with Crippen LogP contribution in [0.2, 0.25) is 0 Å². The van der Waals surface area contributed by atoms with Crippen LogP contribution in [0.4, 0.5) is 5.69 Å². The third-order valence-electron chi connectivity index (χ3n) is 4.45. The summed E-state index contributed by atoms with van der Waals surface area (Å²) in [5, 5.41) is 0. The highest BCUT2D eigenvalue weighted by molar-refractivity contribution is 6.00. The van der Waals surface area contributed by atoms with Crippen LogP contribution in [-0.4, -0.2) is 48.6 Å². The summed E-state index contributed by atoms with van der Waals surface area (Å²) in [5.41, 5.74) is 0.558. The second-order valence-corrected chi connectivity index (χ2v) is 6.60. The number of benzene rings is 1. The largest absolute Gasteiger partial charge is 0.377 e. The first kappa shape index (κ1) is 15.0. The summed E-state index contributed by atoms with van der Waals surface area (Å²) in [4.78, 5) is 28.7. The van der Waals surface area contributed by atoms with Gasteiger partial charge in [0.05, 0.1) is 24.7 Å². The number of para-hydroxylation sites is 1. The molecule has 5 nitrogen and oxygen atoms in total. The number of hydrogen-bond donors (Lipinski definition) is 0. The van der Waals surface area contributed by atoms with Gasteiger partial charge >= 0.3 is 0 Å². The molecule has 0 N–H and O–H groups in total. The molecule has 2 aliphatic rings. The van der Waals surface area contributed by atoms with E-state index in [4.69, 9.17) is 4.74 Å². The fourth-order valence-corrected chi connectivity index (χ4v) is 3.22. The summed E-state index contributed by atoms with van der Waals surface area (Å²) in [5.74, 6) is -0.166. The van der Waals surface area contributed by atoms with Crippen LogP contribution in [0, 0.1) is 5.92 Å². The monoisotopic (exact) mass is 302 g/mol. The molecule has 1 unspecified atom stereocenters. The molecular weight excluding hydrogens is 280 g/mol. The van der Waals surface area contributed by atoms with Gasteiger partial charge in [0.2, 0.25) is 11.8 Å². The average Bonchev–Trinajstić information content (AvgIpc) is 2.89. The number of ether oxygens (including phenoxy) is 1. The third-order valence-corrected chi connectivity index (χ3v) is 4.45. The van der Waals surface area contributed by atoms with E-state index >= 15 is 0 Å². The van der Waals surface area contributed by atoms with Crippen molar-refractivity contribution < 1.29 is 14.3 Å². The van der Waals surface area contributed by atoms with Crippen LogP contribution in [0.25, 0.3) is 0 Å². The lowest BCUT2D eigenvalue weighted by molar-refractivity contribution is -0.150. The van der Waals surface area contributed by atoms with Crippen molar-refractivity contribution in [3.8, 4) is 0 Å². The van der Waals surface area contributed by atoms with Crippen molar-refractivity contribution in [2.24, 2.45) is 5.92 Å². The standard InChI is InChI=1S/C17H22N2O3/c1-17(2)12-22-9-8-19(17)16(21)13-10-15(20)18(11-13)14-6-4-3-5-7-14/h3-7,13H,8-12H2,1-2H3. The molecule has 5 heteroatoms. The van der Waals surface area contributed by atoms with E-state index in [1.807, 2.05) is 49.1 Å². The summed E-state index contributed by atoms with van der Waals surface area (Å²) in [6, 6.07) is 9.54. The Balaban J connectivity index is 1.74. The first-order valence-electron chi connectivity index (χ1n) is 7.74. The van der Waals surface area contributed by atoms with Gasteiger partial charge in [-0.05, 0) is 26.0 Å². The second kappa shape index (κ2) is 5.72. The molecule has 0 saturated carbocycles. The van der Waals surface area contributed by atoms with Gasteiger partial charge in [-0.25, -0.2) is 0 Å². The van der Waals surface area contributed by atoms with Crippen molar-refractivity contribution in [3.63, 3.8) is 0 Å². The summed E-state index contributed by atoms with van der Waals surface area (Å²) in [6.07, 6.45) is 0.293. The summed E-state index contributed by atoms with van der Waals surface area (Å²) >= 11 is 0. The Morgan fingerprint density at radius 2 is 2.00 bits per heavy atom. The first-order chi connectivity index (χ1) is 10.5. The van der Waals surface area contributed by atoms with Crippen molar-refractivity contribution in [1.29, 1.82) is 0 Å². The van der Waals surface area contributed by atoms with E-state index < -0.39 is 0 Å². The van der Waals surface area contributed by atoms with E-state index in [0.717, 1.165) is 5.69 Å². The van der Waals surface area contributed by atoms with Crippen molar-refractivity contribution in [1.82, 2.24) is 4.90 Å². The van der Waals surface area contributed by atoms with Crippen LogP contribution in [0.3, 0.4) is 0 Å². The zero-order valence-electron chi connectivity index (χ0n) is 13.1. The van der Waals surface area contributed by atoms with Gasteiger partial charge < -0.3 is 14.5 Å². The van der Waals surface area contributed by atoms with E-state index in [1.54, 1.807) is 4.90 Å². The topological polar surface area (TPSA) is 49.9 Å². The number of rotatable bonds is 2. The van der Waals surface area contributed by atoms with Crippen molar-refractivity contribution in [2.45, 2.75) is 25.8 Å². The molecule has 3 rings (SSSR count). The fourth-order valence-electron chi connectivity index (χ4n) is 3.22. The predicted molar refractivity (Wildman–Crippen MR) is 83.5 cm³/mol. The molecule has 2 amide bonds. The first-order valence-corrected chi connectivity index (χ1v) is 7.74. The molecule has 0 aromatic heterocycles. The van der Waals surface area contributed by atoms with Crippen LogP contribution in [0.5, 0.6) is 0 Å². The van der Waals surface area contributed by atoms with Crippen LogP contribution >= 0.6 is 0 Å². The molecule has 0 spiro atoms. The molecule has 1 aromatic carbocycles. The maximum absolute atomic E-state index is 12.8. The minimum atomic E-state index is -0.307. The Labute approximate surface area is 130 Å². The van der Waals surface area contributed by atoms with E-state index in [-0.39, 0.29) is 23.3 Å². The van der Waals surface area contributed by atoms with E-state index in [9.17, 15) is 9.59 Å². The minimum Gasteiger partial charge on any atom is -0.377 e. The zero-order chi connectivity index (χ0) is 15.7. The quantitative estimate of drug-likeness (QED) is 0.835. The highest BCUT2D eigenvalue weighted by Gasteiger charge is 2.42. The molecule has 2 heterocycles. The Bertz CT molecular complexity index is 571. The smallest absolute Gasteiger partial charge is 0.228 e. The molecule has 1 atom stereocenters. The zero-order valence-corrected chi connectivity index (χ0v) is 13.1. The molecule has 2 fully saturated rings. The Morgan fingerprint density at radius 1 is 1.27 bits per heavy atom. The van der Waals surface area contributed by atoms with E-state index in [2.05, 4.69) is 0 Å². The maximum atomic E-state index is 12.8. The Hall–Kier alpha value is -1.88.